The highest BCUT2D eigenvalue weighted by atomic mass is 32.1. The van der Waals surface area contributed by atoms with E-state index in [1.165, 1.54) is 49.0 Å². The van der Waals surface area contributed by atoms with Crippen molar-refractivity contribution >= 4 is 16.5 Å². The largest absolute Gasteiger partial charge is 0.493 e. The molecule has 0 amide bonds. The highest BCUT2D eigenvalue weighted by Crippen LogP contribution is 2.38. The molecular weight excluding hydrogens is 280 g/mol. The van der Waals surface area contributed by atoms with Crippen LogP contribution in [-0.4, -0.2) is 11.6 Å². The van der Waals surface area contributed by atoms with Crippen LogP contribution in [0.25, 0.3) is 11.3 Å². The highest BCUT2D eigenvalue weighted by molar-refractivity contribution is 7.13. The first kappa shape index (κ1) is 14.4. The van der Waals surface area contributed by atoms with Crippen molar-refractivity contribution in [1.82, 2.24) is 4.98 Å². The topological polar surface area (TPSA) is 48.1 Å². The fraction of sp³-hybridized carbons (Fsp3) is 0.471. The number of aromatic nitrogens is 1. The Morgan fingerprint density at radius 3 is 2.76 bits per heavy atom. The van der Waals surface area contributed by atoms with Gasteiger partial charge in [-0.3, -0.25) is 0 Å². The first-order valence-corrected chi connectivity index (χ1v) is 8.64. The van der Waals surface area contributed by atoms with E-state index in [1.807, 2.05) is 12.3 Å². The number of ether oxygens (including phenoxy) is 1. The van der Waals surface area contributed by atoms with Gasteiger partial charge in [-0.05, 0) is 43.4 Å². The van der Waals surface area contributed by atoms with Crippen molar-refractivity contribution in [3.63, 3.8) is 0 Å². The average Bonchev–Trinajstić information content (AvgIpc) is 2.95. The van der Waals surface area contributed by atoms with Gasteiger partial charge in [0.2, 0.25) is 0 Å². The molecule has 3 rings (SSSR count). The fourth-order valence-electron chi connectivity index (χ4n) is 3.13. The predicted octanol–water partition coefficient (Wildman–Crippen LogP) is 4.84. The third-order valence-electron chi connectivity index (χ3n) is 4.18. The standard InChI is InChI=1S/C17H22N2OS/c1-2-20-16-9-8-13(12-6-4-3-5-7-12)10-14(16)15-11-21-17(18)19-15/h8-12H,2-7H2,1H3,(H2,18,19). The number of hydrogen-bond acceptors (Lipinski definition) is 4. The highest BCUT2D eigenvalue weighted by Gasteiger charge is 2.18. The zero-order valence-electron chi connectivity index (χ0n) is 12.5. The maximum Gasteiger partial charge on any atom is 0.180 e. The second-order valence-electron chi connectivity index (χ2n) is 5.59. The summed E-state index contributed by atoms with van der Waals surface area (Å²) in [5.41, 5.74) is 9.21. The minimum absolute atomic E-state index is 0.607. The Morgan fingerprint density at radius 1 is 1.29 bits per heavy atom. The second-order valence-corrected chi connectivity index (χ2v) is 6.48. The minimum Gasteiger partial charge on any atom is -0.493 e. The van der Waals surface area contributed by atoms with Crippen molar-refractivity contribution in [2.45, 2.75) is 44.9 Å². The van der Waals surface area contributed by atoms with Gasteiger partial charge in [0.15, 0.2) is 5.13 Å². The van der Waals surface area contributed by atoms with Crippen LogP contribution in [0.4, 0.5) is 5.13 Å². The molecule has 1 saturated carbocycles. The van der Waals surface area contributed by atoms with Gasteiger partial charge in [0.25, 0.3) is 0 Å². The van der Waals surface area contributed by atoms with Crippen molar-refractivity contribution in [2.24, 2.45) is 0 Å². The predicted molar refractivity (Wildman–Crippen MR) is 89.0 cm³/mol. The Labute approximate surface area is 130 Å². The van der Waals surface area contributed by atoms with Crippen LogP contribution in [0.5, 0.6) is 5.75 Å². The average molecular weight is 302 g/mol. The van der Waals surface area contributed by atoms with E-state index in [0.717, 1.165) is 17.0 Å². The summed E-state index contributed by atoms with van der Waals surface area (Å²) in [5.74, 6) is 1.59. The quantitative estimate of drug-likeness (QED) is 0.879. The molecule has 2 aromatic rings. The van der Waals surface area contributed by atoms with E-state index in [-0.39, 0.29) is 0 Å². The van der Waals surface area contributed by atoms with E-state index in [9.17, 15) is 0 Å². The van der Waals surface area contributed by atoms with Gasteiger partial charge in [0.1, 0.15) is 5.75 Å². The monoisotopic (exact) mass is 302 g/mol. The van der Waals surface area contributed by atoms with Crippen LogP contribution in [0.2, 0.25) is 0 Å². The lowest BCUT2D eigenvalue weighted by atomic mass is 9.83. The molecule has 0 saturated heterocycles. The molecule has 112 valence electrons. The van der Waals surface area contributed by atoms with E-state index in [0.29, 0.717) is 17.7 Å². The maximum absolute atomic E-state index is 5.79. The third-order valence-corrected chi connectivity index (χ3v) is 4.85. The molecule has 0 atom stereocenters. The molecule has 0 bridgehead atoms. The molecule has 0 aliphatic heterocycles. The molecule has 1 aromatic heterocycles. The number of thiazole rings is 1. The van der Waals surface area contributed by atoms with Gasteiger partial charge < -0.3 is 10.5 Å². The first-order valence-electron chi connectivity index (χ1n) is 7.76. The van der Waals surface area contributed by atoms with Gasteiger partial charge in [-0.25, -0.2) is 4.98 Å². The number of nitrogens with zero attached hydrogens (tertiary/aromatic N) is 1. The summed E-state index contributed by atoms with van der Waals surface area (Å²) in [7, 11) is 0. The van der Waals surface area contributed by atoms with Crippen LogP contribution >= 0.6 is 11.3 Å². The van der Waals surface area contributed by atoms with Crippen LogP contribution in [-0.2, 0) is 0 Å². The molecule has 0 radical (unpaired) electrons. The van der Waals surface area contributed by atoms with E-state index < -0.39 is 0 Å². The van der Waals surface area contributed by atoms with E-state index in [1.54, 1.807) is 0 Å². The number of anilines is 1. The summed E-state index contributed by atoms with van der Waals surface area (Å²) in [6.45, 7) is 2.67. The van der Waals surface area contributed by atoms with E-state index >= 15 is 0 Å². The van der Waals surface area contributed by atoms with Gasteiger partial charge in [0.05, 0.1) is 12.3 Å². The van der Waals surface area contributed by atoms with Crippen molar-refractivity contribution in [2.75, 3.05) is 12.3 Å². The summed E-state index contributed by atoms with van der Waals surface area (Å²) in [4.78, 5) is 4.43. The lowest BCUT2D eigenvalue weighted by molar-refractivity contribution is 0.341. The number of nitrogens with two attached hydrogens (primary N) is 1. The van der Waals surface area contributed by atoms with Crippen LogP contribution in [0.1, 0.15) is 50.5 Å². The number of rotatable bonds is 4. The maximum atomic E-state index is 5.79. The molecule has 0 unspecified atom stereocenters. The Morgan fingerprint density at radius 2 is 2.10 bits per heavy atom. The van der Waals surface area contributed by atoms with Gasteiger partial charge in [0, 0.05) is 10.9 Å². The summed E-state index contributed by atoms with van der Waals surface area (Å²) in [6, 6.07) is 6.58. The summed E-state index contributed by atoms with van der Waals surface area (Å²) in [5, 5.41) is 2.62. The third kappa shape index (κ3) is 3.21. The number of nitrogen functional groups attached to an aromatic ring is 1. The van der Waals surface area contributed by atoms with Gasteiger partial charge >= 0.3 is 0 Å². The van der Waals surface area contributed by atoms with Crippen molar-refractivity contribution in [1.29, 1.82) is 0 Å². The van der Waals surface area contributed by atoms with Gasteiger partial charge in [-0.2, -0.15) is 0 Å². The van der Waals surface area contributed by atoms with Gasteiger partial charge in [-0.1, -0.05) is 25.3 Å². The Bertz CT molecular complexity index is 603. The van der Waals surface area contributed by atoms with Crippen LogP contribution < -0.4 is 10.5 Å². The SMILES string of the molecule is CCOc1ccc(C2CCCCC2)cc1-c1csc(N)n1. The fourth-order valence-corrected chi connectivity index (χ4v) is 3.69. The molecule has 3 nitrogen and oxygen atoms in total. The molecule has 21 heavy (non-hydrogen) atoms. The molecule has 1 heterocycles. The lowest BCUT2D eigenvalue weighted by Crippen LogP contribution is -2.05. The lowest BCUT2D eigenvalue weighted by Gasteiger charge is -2.23. The van der Waals surface area contributed by atoms with E-state index in [4.69, 9.17) is 10.5 Å². The second kappa shape index (κ2) is 6.48. The van der Waals surface area contributed by atoms with Crippen LogP contribution in [0, 0.1) is 0 Å². The molecule has 4 heteroatoms. The van der Waals surface area contributed by atoms with Crippen molar-refractivity contribution in [3.05, 3.63) is 29.1 Å². The molecule has 1 fully saturated rings. The van der Waals surface area contributed by atoms with E-state index in [2.05, 4.69) is 23.2 Å². The molecular formula is C17H22N2OS. The van der Waals surface area contributed by atoms with Crippen LogP contribution in [0.3, 0.4) is 0 Å². The summed E-state index contributed by atoms with van der Waals surface area (Å²) >= 11 is 1.48. The molecule has 1 aliphatic carbocycles. The molecule has 1 aromatic carbocycles. The zero-order chi connectivity index (χ0) is 14.7. The van der Waals surface area contributed by atoms with Crippen molar-refractivity contribution in [3.8, 4) is 17.0 Å². The summed E-state index contributed by atoms with van der Waals surface area (Å²) in [6.07, 6.45) is 6.66. The first-order chi connectivity index (χ1) is 10.3. The molecule has 1 aliphatic rings. The van der Waals surface area contributed by atoms with Gasteiger partial charge in [-0.15, -0.1) is 11.3 Å². The van der Waals surface area contributed by atoms with Crippen LogP contribution in [0.15, 0.2) is 23.6 Å². The number of benzene rings is 1. The Hall–Kier alpha value is -1.55. The minimum atomic E-state index is 0.607. The van der Waals surface area contributed by atoms with Crippen molar-refractivity contribution < 1.29 is 4.74 Å². The molecule has 0 spiro atoms. The normalized spacial score (nSPS) is 16.0. The number of hydrogen-bond donors (Lipinski definition) is 1. The zero-order valence-corrected chi connectivity index (χ0v) is 13.3. The molecule has 2 N–H and O–H groups in total. The smallest absolute Gasteiger partial charge is 0.180 e. The Kier molecular flexibility index (Phi) is 4.44. The summed E-state index contributed by atoms with van der Waals surface area (Å²) < 4.78 is 5.77. The Balaban J connectivity index is 1.97.